The van der Waals surface area contributed by atoms with Gasteiger partial charge in [0.05, 0.1) is 20.2 Å². The van der Waals surface area contributed by atoms with Crippen molar-refractivity contribution in [2.75, 3.05) is 20.7 Å². The number of rotatable bonds is 6. The van der Waals surface area contributed by atoms with Crippen LogP contribution in [0.2, 0.25) is 0 Å². The van der Waals surface area contributed by atoms with E-state index in [1.165, 1.54) is 0 Å². The van der Waals surface area contributed by atoms with Crippen LogP contribution in [0.25, 0.3) is 0 Å². The summed E-state index contributed by atoms with van der Waals surface area (Å²) >= 11 is 0. The second-order valence-corrected chi connectivity index (χ2v) is 6.11. The number of carbonyl (C=O) groups is 1. The van der Waals surface area contributed by atoms with Gasteiger partial charge in [0.15, 0.2) is 6.54 Å². The van der Waals surface area contributed by atoms with Gasteiger partial charge in [0, 0.05) is 5.56 Å². The lowest BCUT2D eigenvalue weighted by Gasteiger charge is -2.23. The molecule has 1 amide bonds. The predicted octanol–water partition coefficient (Wildman–Crippen LogP) is 0.662. The number of carbonyl (C=O) groups excluding carboxylic acids is 1. The van der Waals surface area contributed by atoms with Crippen LogP contribution in [0.4, 0.5) is 0 Å². The van der Waals surface area contributed by atoms with Gasteiger partial charge in [-0.25, -0.2) is 0 Å². The molecule has 2 rings (SSSR count). The lowest BCUT2D eigenvalue weighted by atomic mass is 10.00. The molecule has 1 unspecified atom stereocenters. The lowest BCUT2D eigenvalue weighted by Crippen LogP contribution is -3.09. The van der Waals surface area contributed by atoms with E-state index in [4.69, 9.17) is 4.74 Å². The third-order valence-electron chi connectivity index (χ3n) is 4.15. The van der Waals surface area contributed by atoms with Crippen molar-refractivity contribution in [2.45, 2.75) is 37.8 Å². The molecule has 1 fully saturated rings. The Hall–Kier alpha value is -2.06. The van der Waals surface area contributed by atoms with Gasteiger partial charge in [-0.1, -0.05) is 12.1 Å². The Morgan fingerprint density at radius 2 is 2.18 bits per heavy atom. The van der Waals surface area contributed by atoms with Crippen molar-refractivity contribution in [1.29, 1.82) is 5.26 Å². The van der Waals surface area contributed by atoms with Crippen molar-refractivity contribution in [3.8, 4) is 11.8 Å². The van der Waals surface area contributed by atoms with E-state index in [0.717, 1.165) is 48.4 Å². The summed E-state index contributed by atoms with van der Waals surface area (Å²) in [5.41, 5.74) is 0.494. The van der Waals surface area contributed by atoms with Crippen LogP contribution < -0.4 is 15.0 Å². The maximum atomic E-state index is 12.2. The van der Waals surface area contributed by atoms with E-state index in [2.05, 4.69) is 11.4 Å². The van der Waals surface area contributed by atoms with Gasteiger partial charge in [0.2, 0.25) is 0 Å². The summed E-state index contributed by atoms with van der Waals surface area (Å²) < 4.78 is 5.21. The first-order chi connectivity index (χ1) is 10.6. The van der Waals surface area contributed by atoms with E-state index >= 15 is 0 Å². The Morgan fingerprint density at radius 1 is 1.45 bits per heavy atom. The van der Waals surface area contributed by atoms with Crippen LogP contribution in [0.1, 0.15) is 31.2 Å². The van der Waals surface area contributed by atoms with Crippen LogP contribution in [0, 0.1) is 11.3 Å². The standard InChI is InChI=1S/C17H23N3O2/c1-20(11-14-6-5-7-15(10-14)22-2)12-16(21)19-17(13-18)8-3-4-9-17/h5-7,10H,3-4,8-9,11-12H2,1-2H3,(H,19,21)/p+1. The smallest absolute Gasteiger partial charge is 0.276 e. The van der Waals surface area contributed by atoms with Gasteiger partial charge in [0.25, 0.3) is 5.91 Å². The van der Waals surface area contributed by atoms with Gasteiger partial charge >= 0.3 is 0 Å². The molecule has 22 heavy (non-hydrogen) atoms. The fourth-order valence-electron chi connectivity index (χ4n) is 3.02. The molecule has 1 atom stereocenters. The Morgan fingerprint density at radius 3 is 2.82 bits per heavy atom. The second kappa shape index (κ2) is 7.28. The quantitative estimate of drug-likeness (QED) is 0.811. The molecule has 2 N–H and O–H groups in total. The number of likely N-dealkylation sites (N-methyl/N-ethyl adjacent to an activating group) is 1. The van der Waals surface area contributed by atoms with Crippen molar-refractivity contribution in [3.05, 3.63) is 29.8 Å². The highest BCUT2D eigenvalue weighted by molar-refractivity contribution is 5.78. The molecule has 0 heterocycles. The molecule has 1 aliphatic carbocycles. The molecular weight excluding hydrogens is 278 g/mol. The summed E-state index contributed by atoms with van der Waals surface area (Å²) in [6, 6.07) is 10.1. The van der Waals surface area contributed by atoms with Crippen LogP contribution in [0.5, 0.6) is 5.75 Å². The zero-order chi connectivity index (χ0) is 16.0. The van der Waals surface area contributed by atoms with Gasteiger partial charge in [-0.2, -0.15) is 5.26 Å². The average Bonchev–Trinajstić information content (AvgIpc) is 2.96. The third kappa shape index (κ3) is 4.22. The predicted molar refractivity (Wildman–Crippen MR) is 83.4 cm³/mol. The number of quaternary nitrogens is 1. The van der Waals surface area contributed by atoms with Gasteiger partial charge < -0.3 is 15.0 Å². The van der Waals surface area contributed by atoms with Gasteiger partial charge in [-0.15, -0.1) is 0 Å². The molecule has 1 aromatic carbocycles. The van der Waals surface area contributed by atoms with Crippen LogP contribution in [-0.2, 0) is 11.3 Å². The van der Waals surface area contributed by atoms with Crippen molar-refractivity contribution >= 4 is 5.91 Å². The topological polar surface area (TPSA) is 66.6 Å². The van der Waals surface area contributed by atoms with Crippen LogP contribution in [-0.4, -0.2) is 32.1 Å². The molecule has 1 aliphatic rings. The van der Waals surface area contributed by atoms with E-state index in [9.17, 15) is 10.1 Å². The average molecular weight is 302 g/mol. The molecule has 118 valence electrons. The van der Waals surface area contributed by atoms with Crippen molar-refractivity contribution in [2.24, 2.45) is 0 Å². The highest BCUT2D eigenvalue weighted by Gasteiger charge is 2.35. The molecule has 0 aromatic heterocycles. The highest BCUT2D eigenvalue weighted by Crippen LogP contribution is 2.28. The molecule has 0 spiro atoms. The maximum absolute atomic E-state index is 12.2. The second-order valence-electron chi connectivity index (χ2n) is 6.11. The van der Waals surface area contributed by atoms with E-state index in [1.807, 2.05) is 31.3 Å². The normalized spacial score (nSPS) is 17.5. The molecule has 0 saturated heterocycles. The lowest BCUT2D eigenvalue weighted by molar-refractivity contribution is -0.885. The van der Waals surface area contributed by atoms with E-state index < -0.39 is 5.54 Å². The summed E-state index contributed by atoms with van der Waals surface area (Å²) in [7, 11) is 3.62. The van der Waals surface area contributed by atoms with E-state index in [0.29, 0.717) is 6.54 Å². The van der Waals surface area contributed by atoms with Gasteiger partial charge in [-0.05, 0) is 37.8 Å². The molecule has 0 bridgehead atoms. The fraction of sp³-hybridized carbons (Fsp3) is 0.529. The molecule has 0 aliphatic heterocycles. The fourth-order valence-corrected chi connectivity index (χ4v) is 3.02. The Bertz CT molecular complexity index is 559. The number of hydrogen-bond acceptors (Lipinski definition) is 3. The first-order valence-electron chi connectivity index (χ1n) is 7.73. The number of nitriles is 1. The minimum Gasteiger partial charge on any atom is -0.497 e. The van der Waals surface area contributed by atoms with Crippen LogP contribution >= 0.6 is 0 Å². The summed E-state index contributed by atoms with van der Waals surface area (Å²) in [4.78, 5) is 13.3. The summed E-state index contributed by atoms with van der Waals surface area (Å²) in [6.07, 6.45) is 3.56. The minimum atomic E-state index is -0.632. The van der Waals surface area contributed by atoms with Gasteiger partial charge in [0.1, 0.15) is 17.8 Å². The Kier molecular flexibility index (Phi) is 5.40. The molecule has 1 aromatic rings. The van der Waals surface area contributed by atoms with Crippen LogP contribution in [0.15, 0.2) is 24.3 Å². The number of nitrogens with one attached hydrogen (secondary N) is 2. The number of amides is 1. The highest BCUT2D eigenvalue weighted by atomic mass is 16.5. The van der Waals surface area contributed by atoms with Gasteiger partial charge in [-0.3, -0.25) is 4.79 Å². The molecule has 5 heteroatoms. The summed E-state index contributed by atoms with van der Waals surface area (Å²) in [5.74, 6) is 0.771. The zero-order valence-corrected chi connectivity index (χ0v) is 13.3. The third-order valence-corrected chi connectivity index (χ3v) is 4.15. The number of ether oxygens (including phenoxy) is 1. The first kappa shape index (κ1) is 16.3. The molecule has 1 saturated carbocycles. The number of nitrogens with zero attached hydrogens (tertiary/aromatic N) is 1. The Balaban J connectivity index is 1.87. The summed E-state index contributed by atoms with van der Waals surface area (Å²) in [6.45, 7) is 1.10. The zero-order valence-electron chi connectivity index (χ0n) is 13.3. The van der Waals surface area contributed by atoms with Crippen molar-refractivity contribution in [3.63, 3.8) is 0 Å². The van der Waals surface area contributed by atoms with E-state index in [1.54, 1.807) is 7.11 Å². The largest absolute Gasteiger partial charge is 0.497 e. The molecule has 5 nitrogen and oxygen atoms in total. The number of methoxy groups -OCH3 is 1. The van der Waals surface area contributed by atoms with Crippen molar-refractivity contribution in [1.82, 2.24) is 5.32 Å². The minimum absolute atomic E-state index is 0.0520. The monoisotopic (exact) mass is 302 g/mol. The Labute approximate surface area is 131 Å². The maximum Gasteiger partial charge on any atom is 0.276 e. The SMILES string of the molecule is COc1cccc(C[NH+](C)CC(=O)NC2(C#N)CCCC2)c1. The summed E-state index contributed by atoms with van der Waals surface area (Å²) in [5, 5.41) is 12.2. The van der Waals surface area contributed by atoms with Crippen LogP contribution in [0.3, 0.4) is 0 Å². The molecular formula is C17H24N3O2+. The number of benzene rings is 1. The number of hydrogen-bond donors (Lipinski definition) is 2. The van der Waals surface area contributed by atoms with E-state index in [-0.39, 0.29) is 5.91 Å². The first-order valence-corrected chi connectivity index (χ1v) is 7.73. The van der Waals surface area contributed by atoms with Crippen molar-refractivity contribution < 1.29 is 14.4 Å². The molecule has 0 radical (unpaired) electrons.